The van der Waals surface area contributed by atoms with Crippen molar-refractivity contribution in [2.45, 2.75) is 20.3 Å². The van der Waals surface area contributed by atoms with E-state index in [-0.39, 0.29) is 5.78 Å². The highest BCUT2D eigenvalue weighted by Crippen LogP contribution is 2.17. The van der Waals surface area contributed by atoms with Gasteiger partial charge in [0.1, 0.15) is 5.82 Å². The zero-order valence-electron chi connectivity index (χ0n) is 11.6. The molecule has 0 spiro atoms. The molecule has 0 aliphatic carbocycles. The van der Waals surface area contributed by atoms with Crippen LogP contribution in [0.25, 0.3) is 0 Å². The lowest BCUT2D eigenvalue weighted by molar-refractivity contribution is 0.103. The molecular weight excluding hydrogens is 238 g/mol. The van der Waals surface area contributed by atoms with Crippen molar-refractivity contribution in [1.82, 2.24) is 9.78 Å². The van der Waals surface area contributed by atoms with Crippen molar-refractivity contribution in [2.24, 2.45) is 13.0 Å². The van der Waals surface area contributed by atoms with Gasteiger partial charge in [-0.15, -0.1) is 0 Å². The molecule has 4 heteroatoms. The lowest BCUT2D eigenvalue weighted by Gasteiger charge is -2.07. The quantitative estimate of drug-likeness (QED) is 0.856. The Balaban J connectivity index is 2.31. The van der Waals surface area contributed by atoms with Gasteiger partial charge in [-0.3, -0.25) is 9.48 Å². The summed E-state index contributed by atoms with van der Waals surface area (Å²) in [6.45, 7) is 4.32. The Morgan fingerprint density at radius 1 is 1.42 bits per heavy atom. The van der Waals surface area contributed by atoms with E-state index in [1.165, 1.54) is 16.4 Å². The van der Waals surface area contributed by atoms with Crippen LogP contribution in [0.4, 0.5) is 5.82 Å². The molecule has 0 saturated carbocycles. The molecule has 2 rings (SSSR count). The Morgan fingerprint density at radius 3 is 2.74 bits per heavy atom. The molecule has 0 unspecified atom stereocenters. The van der Waals surface area contributed by atoms with Crippen molar-refractivity contribution in [1.29, 1.82) is 0 Å². The number of rotatable bonds is 4. The fourth-order valence-electron chi connectivity index (χ4n) is 2.09. The van der Waals surface area contributed by atoms with E-state index < -0.39 is 0 Å². The highest BCUT2D eigenvalue weighted by atomic mass is 16.1. The van der Waals surface area contributed by atoms with Crippen LogP contribution in [0.3, 0.4) is 0 Å². The van der Waals surface area contributed by atoms with Crippen LogP contribution < -0.4 is 5.73 Å². The molecule has 100 valence electrons. The Kier molecular flexibility index (Phi) is 3.69. The zero-order valence-corrected chi connectivity index (χ0v) is 11.6. The zero-order chi connectivity index (χ0) is 14.0. The van der Waals surface area contributed by atoms with Gasteiger partial charge in [-0.25, -0.2) is 0 Å². The third-order valence-corrected chi connectivity index (χ3v) is 3.06. The predicted octanol–water partition coefficient (Wildman–Crippen LogP) is 2.43. The predicted molar refractivity (Wildman–Crippen MR) is 76.0 cm³/mol. The van der Waals surface area contributed by atoms with Gasteiger partial charge in [0.25, 0.3) is 0 Å². The van der Waals surface area contributed by atoms with Gasteiger partial charge in [0.2, 0.25) is 0 Å². The first-order valence-electron chi connectivity index (χ1n) is 6.40. The smallest absolute Gasteiger partial charge is 0.198 e. The Labute approximate surface area is 113 Å². The van der Waals surface area contributed by atoms with E-state index in [1.54, 1.807) is 7.05 Å². The maximum Gasteiger partial charge on any atom is 0.198 e. The highest BCUT2D eigenvalue weighted by Gasteiger charge is 2.16. The van der Waals surface area contributed by atoms with Crippen LogP contribution in [0.5, 0.6) is 0 Å². The number of nitrogens with two attached hydrogens (primary N) is 1. The van der Waals surface area contributed by atoms with E-state index >= 15 is 0 Å². The average molecular weight is 257 g/mol. The van der Waals surface area contributed by atoms with E-state index in [9.17, 15) is 4.79 Å². The molecule has 1 heterocycles. The number of carbonyl (C=O) groups is 1. The summed E-state index contributed by atoms with van der Waals surface area (Å²) in [7, 11) is 1.72. The summed E-state index contributed by atoms with van der Waals surface area (Å²) in [6, 6.07) is 7.72. The molecule has 0 atom stereocenters. The third kappa shape index (κ3) is 2.84. The number of nitrogens with zero attached hydrogens (tertiary/aromatic N) is 2. The summed E-state index contributed by atoms with van der Waals surface area (Å²) in [5.74, 6) is 0.893. The fourth-order valence-corrected chi connectivity index (χ4v) is 2.09. The van der Waals surface area contributed by atoms with Crippen molar-refractivity contribution >= 4 is 11.6 Å². The van der Waals surface area contributed by atoms with Crippen LogP contribution >= 0.6 is 0 Å². The number of ketones is 1. The average Bonchev–Trinajstić information content (AvgIpc) is 2.69. The molecule has 0 radical (unpaired) electrons. The van der Waals surface area contributed by atoms with E-state index in [4.69, 9.17) is 5.73 Å². The number of hydrogen-bond donors (Lipinski definition) is 1. The molecule has 0 bridgehead atoms. The SMILES string of the molecule is CC(C)Cc1cccc(C(=O)c2cnn(C)c2N)c1. The maximum absolute atomic E-state index is 12.4. The number of benzene rings is 1. The summed E-state index contributed by atoms with van der Waals surface area (Å²) in [5, 5.41) is 4.00. The largest absolute Gasteiger partial charge is 0.383 e. The first-order chi connectivity index (χ1) is 8.99. The number of hydrogen-bond acceptors (Lipinski definition) is 3. The van der Waals surface area contributed by atoms with E-state index in [0.29, 0.717) is 22.9 Å². The lowest BCUT2D eigenvalue weighted by Crippen LogP contribution is -2.06. The highest BCUT2D eigenvalue weighted by molar-refractivity contribution is 6.11. The van der Waals surface area contributed by atoms with Crippen LogP contribution in [0, 0.1) is 5.92 Å². The molecule has 2 aromatic rings. The van der Waals surface area contributed by atoms with E-state index in [2.05, 4.69) is 18.9 Å². The van der Waals surface area contributed by atoms with Crippen molar-refractivity contribution in [3.8, 4) is 0 Å². The summed E-state index contributed by atoms with van der Waals surface area (Å²) < 4.78 is 1.51. The van der Waals surface area contributed by atoms with E-state index in [0.717, 1.165) is 6.42 Å². The molecule has 1 aromatic carbocycles. The fraction of sp³-hybridized carbons (Fsp3) is 0.333. The van der Waals surface area contributed by atoms with Crippen molar-refractivity contribution < 1.29 is 4.79 Å². The number of anilines is 1. The first-order valence-corrected chi connectivity index (χ1v) is 6.40. The molecule has 0 fully saturated rings. The molecule has 0 amide bonds. The Morgan fingerprint density at radius 2 is 2.16 bits per heavy atom. The third-order valence-electron chi connectivity index (χ3n) is 3.06. The van der Waals surface area contributed by atoms with Crippen LogP contribution in [0.1, 0.15) is 35.3 Å². The number of carbonyl (C=O) groups excluding carboxylic acids is 1. The number of nitrogen functional groups attached to an aromatic ring is 1. The molecule has 1 aromatic heterocycles. The van der Waals surface area contributed by atoms with Gasteiger partial charge in [0.15, 0.2) is 5.78 Å². The summed E-state index contributed by atoms with van der Waals surface area (Å²) in [6.07, 6.45) is 2.48. The Hall–Kier alpha value is -2.10. The van der Waals surface area contributed by atoms with Crippen molar-refractivity contribution in [3.63, 3.8) is 0 Å². The Bertz CT molecular complexity index is 599. The maximum atomic E-state index is 12.4. The van der Waals surface area contributed by atoms with Crippen molar-refractivity contribution in [3.05, 3.63) is 47.2 Å². The van der Waals surface area contributed by atoms with Gasteiger partial charge in [-0.2, -0.15) is 5.10 Å². The molecular formula is C15H19N3O. The van der Waals surface area contributed by atoms with Gasteiger partial charge >= 0.3 is 0 Å². The molecule has 0 aliphatic rings. The molecule has 0 aliphatic heterocycles. The summed E-state index contributed by atoms with van der Waals surface area (Å²) >= 11 is 0. The minimum Gasteiger partial charge on any atom is -0.383 e. The molecule has 4 nitrogen and oxygen atoms in total. The lowest BCUT2D eigenvalue weighted by atomic mass is 9.98. The van der Waals surface area contributed by atoms with Gasteiger partial charge in [0.05, 0.1) is 11.8 Å². The van der Waals surface area contributed by atoms with E-state index in [1.807, 2.05) is 24.3 Å². The number of aryl methyl sites for hydroxylation is 1. The minimum absolute atomic E-state index is 0.0730. The second-order valence-corrected chi connectivity index (χ2v) is 5.19. The van der Waals surface area contributed by atoms with Crippen LogP contribution in [-0.4, -0.2) is 15.6 Å². The first kappa shape index (κ1) is 13.3. The number of aromatic nitrogens is 2. The van der Waals surface area contributed by atoms with Crippen LogP contribution in [-0.2, 0) is 13.5 Å². The second kappa shape index (κ2) is 5.26. The van der Waals surface area contributed by atoms with Crippen LogP contribution in [0.2, 0.25) is 0 Å². The molecule has 0 saturated heterocycles. The summed E-state index contributed by atoms with van der Waals surface area (Å²) in [4.78, 5) is 12.4. The topological polar surface area (TPSA) is 60.9 Å². The normalized spacial score (nSPS) is 10.9. The monoisotopic (exact) mass is 257 g/mol. The second-order valence-electron chi connectivity index (χ2n) is 5.19. The van der Waals surface area contributed by atoms with Gasteiger partial charge in [-0.1, -0.05) is 32.0 Å². The van der Waals surface area contributed by atoms with Gasteiger partial charge < -0.3 is 5.73 Å². The van der Waals surface area contributed by atoms with Crippen molar-refractivity contribution in [2.75, 3.05) is 5.73 Å². The standard InChI is InChI=1S/C15H19N3O/c1-10(2)7-11-5-4-6-12(8-11)14(19)13-9-17-18(3)15(13)16/h4-6,8-10H,7,16H2,1-3H3. The van der Waals surface area contributed by atoms with Gasteiger partial charge in [0, 0.05) is 12.6 Å². The minimum atomic E-state index is -0.0730. The van der Waals surface area contributed by atoms with Crippen LogP contribution in [0.15, 0.2) is 30.5 Å². The van der Waals surface area contributed by atoms with Gasteiger partial charge in [-0.05, 0) is 24.0 Å². The molecule has 19 heavy (non-hydrogen) atoms. The summed E-state index contributed by atoms with van der Waals surface area (Å²) in [5.41, 5.74) is 8.14. The molecule has 2 N–H and O–H groups in total.